The summed E-state index contributed by atoms with van der Waals surface area (Å²) in [6.45, 7) is 0.734. The zero-order valence-corrected chi connectivity index (χ0v) is 11.1. The monoisotopic (exact) mass is 258 g/mol. The average molecular weight is 258 g/mol. The van der Waals surface area contributed by atoms with Crippen LogP contribution < -0.4 is 10.1 Å². The average Bonchev–Trinajstić information content (AvgIpc) is 2.97. The zero-order chi connectivity index (χ0) is 13.1. The molecule has 0 amide bonds. The van der Waals surface area contributed by atoms with Gasteiger partial charge in [0, 0.05) is 18.7 Å². The summed E-state index contributed by atoms with van der Waals surface area (Å²) in [6, 6.07) is 8.63. The maximum Gasteiger partial charge on any atom is 0.124 e. The third-order valence-electron chi connectivity index (χ3n) is 3.69. The van der Waals surface area contributed by atoms with Crippen molar-refractivity contribution in [1.82, 2.24) is 10.5 Å². The molecule has 0 bridgehead atoms. The Morgan fingerprint density at radius 1 is 1.42 bits per heavy atom. The van der Waals surface area contributed by atoms with E-state index in [0.717, 1.165) is 30.8 Å². The van der Waals surface area contributed by atoms with Gasteiger partial charge in [0.1, 0.15) is 12.0 Å². The molecule has 4 nitrogen and oxygen atoms in total. The molecule has 1 aromatic carbocycles. The molecule has 1 aliphatic carbocycles. The van der Waals surface area contributed by atoms with E-state index in [1.807, 2.05) is 12.1 Å². The fourth-order valence-corrected chi connectivity index (χ4v) is 2.67. The first-order valence-corrected chi connectivity index (χ1v) is 6.66. The molecule has 0 radical (unpaired) electrons. The largest absolute Gasteiger partial charge is 0.497 e. The number of aromatic nitrogens is 1. The smallest absolute Gasteiger partial charge is 0.124 e. The summed E-state index contributed by atoms with van der Waals surface area (Å²) in [7, 11) is 1.71. The molecule has 0 aliphatic heterocycles. The van der Waals surface area contributed by atoms with E-state index in [9.17, 15) is 0 Å². The van der Waals surface area contributed by atoms with Crippen LogP contribution in [-0.2, 0) is 13.0 Å². The van der Waals surface area contributed by atoms with Crippen molar-refractivity contribution in [2.75, 3.05) is 7.11 Å². The minimum Gasteiger partial charge on any atom is -0.497 e. The van der Waals surface area contributed by atoms with E-state index in [-0.39, 0.29) is 0 Å². The Hall–Kier alpha value is -1.81. The first-order valence-electron chi connectivity index (χ1n) is 6.66. The molecule has 1 aromatic heterocycles. The molecule has 1 heterocycles. The number of fused-ring (bicyclic) bond motifs is 1. The number of hydrogen-bond acceptors (Lipinski definition) is 4. The number of rotatable bonds is 4. The first-order chi connectivity index (χ1) is 9.36. The Balaban J connectivity index is 1.77. The molecule has 1 atom stereocenters. The highest BCUT2D eigenvalue weighted by atomic mass is 16.5. The minimum atomic E-state index is 0.371. The molecule has 0 saturated heterocycles. The Labute approximate surface area is 112 Å². The maximum absolute atomic E-state index is 5.32. The summed E-state index contributed by atoms with van der Waals surface area (Å²) in [4.78, 5) is 0. The molecule has 0 spiro atoms. The minimum absolute atomic E-state index is 0.371. The standard InChI is InChI=1S/C15H18N2O2/c1-18-13-6-5-11-3-2-4-15(14(11)9-13)16-10-12-7-8-19-17-12/h5-9,15-16H,2-4,10H2,1H3. The summed E-state index contributed by atoms with van der Waals surface area (Å²) in [5.41, 5.74) is 3.72. The first kappa shape index (κ1) is 12.2. The summed E-state index contributed by atoms with van der Waals surface area (Å²) < 4.78 is 10.2. The van der Waals surface area contributed by atoms with Crippen LogP contribution in [0.1, 0.15) is 35.7 Å². The van der Waals surface area contributed by atoms with Crippen molar-refractivity contribution < 1.29 is 9.26 Å². The highest BCUT2D eigenvalue weighted by Crippen LogP contribution is 2.32. The number of benzene rings is 1. The van der Waals surface area contributed by atoms with Gasteiger partial charge in [-0.1, -0.05) is 11.2 Å². The Morgan fingerprint density at radius 2 is 2.37 bits per heavy atom. The quantitative estimate of drug-likeness (QED) is 0.916. The lowest BCUT2D eigenvalue weighted by molar-refractivity contribution is 0.395. The van der Waals surface area contributed by atoms with Gasteiger partial charge in [0.25, 0.3) is 0 Å². The number of nitrogens with zero attached hydrogens (tertiary/aromatic N) is 1. The number of nitrogens with one attached hydrogen (secondary N) is 1. The van der Waals surface area contributed by atoms with Crippen LogP contribution in [0, 0.1) is 0 Å². The number of hydrogen-bond donors (Lipinski definition) is 1. The molecule has 0 saturated carbocycles. The highest BCUT2D eigenvalue weighted by Gasteiger charge is 2.20. The molecule has 1 aliphatic rings. The van der Waals surface area contributed by atoms with Crippen molar-refractivity contribution in [3.63, 3.8) is 0 Å². The Morgan fingerprint density at radius 3 is 3.16 bits per heavy atom. The molecule has 0 fully saturated rings. The van der Waals surface area contributed by atoms with E-state index in [0.29, 0.717) is 6.04 Å². The number of methoxy groups -OCH3 is 1. The van der Waals surface area contributed by atoms with E-state index >= 15 is 0 Å². The van der Waals surface area contributed by atoms with E-state index in [4.69, 9.17) is 9.26 Å². The molecule has 2 aromatic rings. The summed E-state index contributed by atoms with van der Waals surface area (Å²) >= 11 is 0. The third kappa shape index (κ3) is 2.63. The SMILES string of the molecule is COc1ccc2c(c1)C(NCc1ccon1)CCC2. The molecule has 1 unspecified atom stereocenters. The van der Waals surface area contributed by atoms with Gasteiger partial charge in [-0.25, -0.2) is 0 Å². The van der Waals surface area contributed by atoms with Crippen LogP contribution in [-0.4, -0.2) is 12.3 Å². The van der Waals surface area contributed by atoms with Gasteiger partial charge in [0.2, 0.25) is 0 Å². The third-order valence-corrected chi connectivity index (χ3v) is 3.69. The van der Waals surface area contributed by atoms with Crippen molar-refractivity contribution >= 4 is 0 Å². The van der Waals surface area contributed by atoms with Gasteiger partial charge in [0.15, 0.2) is 0 Å². The summed E-state index contributed by atoms with van der Waals surface area (Å²) in [5, 5.41) is 7.48. The van der Waals surface area contributed by atoms with Gasteiger partial charge in [-0.3, -0.25) is 0 Å². The highest BCUT2D eigenvalue weighted by molar-refractivity contribution is 5.39. The zero-order valence-electron chi connectivity index (χ0n) is 11.1. The molecule has 100 valence electrons. The second-order valence-corrected chi connectivity index (χ2v) is 4.88. The maximum atomic E-state index is 5.32. The van der Waals surface area contributed by atoms with Crippen LogP contribution in [0.4, 0.5) is 0 Å². The van der Waals surface area contributed by atoms with Crippen molar-refractivity contribution in [2.45, 2.75) is 31.8 Å². The van der Waals surface area contributed by atoms with Crippen LogP contribution in [0.3, 0.4) is 0 Å². The van der Waals surface area contributed by atoms with Gasteiger partial charge in [0.05, 0.1) is 12.8 Å². The fraction of sp³-hybridized carbons (Fsp3) is 0.400. The van der Waals surface area contributed by atoms with Gasteiger partial charge >= 0.3 is 0 Å². The molecule has 4 heteroatoms. The van der Waals surface area contributed by atoms with E-state index in [1.54, 1.807) is 13.4 Å². The Bertz CT molecular complexity index is 537. The topological polar surface area (TPSA) is 47.3 Å². The molecular weight excluding hydrogens is 240 g/mol. The number of ether oxygens (including phenoxy) is 1. The van der Waals surface area contributed by atoms with Crippen molar-refractivity contribution in [1.29, 1.82) is 0 Å². The molecule has 19 heavy (non-hydrogen) atoms. The number of aryl methyl sites for hydroxylation is 1. The predicted molar refractivity (Wildman–Crippen MR) is 72.0 cm³/mol. The normalized spacial score (nSPS) is 18.1. The van der Waals surface area contributed by atoms with Gasteiger partial charge in [-0.05, 0) is 42.5 Å². The van der Waals surface area contributed by atoms with Crippen LogP contribution in [0.15, 0.2) is 35.1 Å². The fourth-order valence-electron chi connectivity index (χ4n) is 2.67. The van der Waals surface area contributed by atoms with Crippen molar-refractivity contribution in [2.24, 2.45) is 0 Å². The molecule has 3 rings (SSSR count). The second-order valence-electron chi connectivity index (χ2n) is 4.88. The van der Waals surface area contributed by atoms with Gasteiger partial charge < -0.3 is 14.6 Å². The van der Waals surface area contributed by atoms with Crippen LogP contribution in [0.2, 0.25) is 0 Å². The summed E-state index contributed by atoms with van der Waals surface area (Å²) in [6.07, 6.45) is 5.13. The second kappa shape index (κ2) is 5.45. The lowest BCUT2D eigenvalue weighted by Crippen LogP contribution is -2.25. The lowest BCUT2D eigenvalue weighted by atomic mass is 9.87. The molecule has 1 N–H and O–H groups in total. The summed E-state index contributed by atoms with van der Waals surface area (Å²) in [5.74, 6) is 0.925. The van der Waals surface area contributed by atoms with E-state index < -0.39 is 0 Å². The van der Waals surface area contributed by atoms with E-state index in [1.165, 1.54) is 17.5 Å². The predicted octanol–water partition coefficient (Wildman–Crippen LogP) is 2.85. The van der Waals surface area contributed by atoms with Crippen molar-refractivity contribution in [3.8, 4) is 5.75 Å². The Kier molecular flexibility index (Phi) is 3.51. The molecular formula is C15H18N2O2. The lowest BCUT2D eigenvalue weighted by Gasteiger charge is -2.26. The van der Waals surface area contributed by atoms with Crippen LogP contribution in [0.5, 0.6) is 5.75 Å². The van der Waals surface area contributed by atoms with E-state index in [2.05, 4.69) is 22.6 Å². The van der Waals surface area contributed by atoms with Crippen LogP contribution >= 0.6 is 0 Å². The van der Waals surface area contributed by atoms with Gasteiger partial charge in [-0.2, -0.15) is 0 Å². The van der Waals surface area contributed by atoms with Crippen molar-refractivity contribution in [3.05, 3.63) is 47.3 Å². The van der Waals surface area contributed by atoms with Gasteiger partial charge in [-0.15, -0.1) is 0 Å². The van der Waals surface area contributed by atoms with Crippen LogP contribution in [0.25, 0.3) is 0 Å².